The molecule has 0 radical (unpaired) electrons. The lowest BCUT2D eigenvalue weighted by Gasteiger charge is -2.35. The van der Waals surface area contributed by atoms with Gasteiger partial charge >= 0.3 is 11.8 Å². The maximum absolute atomic E-state index is 12.7. The molecule has 12 nitrogen and oxygen atoms in total. The molecule has 2 fully saturated rings. The van der Waals surface area contributed by atoms with E-state index in [0.29, 0.717) is 12.2 Å². The lowest BCUT2D eigenvalue weighted by molar-refractivity contribution is -0.383. The van der Waals surface area contributed by atoms with E-state index in [1.165, 1.54) is 30.6 Å². The first-order valence-corrected chi connectivity index (χ1v) is 13.0. The quantitative estimate of drug-likeness (QED) is 0.441. The molecule has 2 aliphatic rings. The molecule has 1 aliphatic heterocycles. The third kappa shape index (κ3) is 5.45. The van der Waals surface area contributed by atoms with Crippen molar-refractivity contribution in [1.29, 1.82) is 0 Å². The van der Waals surface area contributed by atoms with Gasteiger partial charge in [0.1, 0.15) is 11.9 Å². The zero-order valence-corrected chi connectivity index (χ0v) is 20.7. The van der Waals surface area contributed by atoms with Crippen LogP contribution in [0.2, 0.25) is 0 Å². The zero-order valence-electron chi connectivity index (χ0n) is 19.9. The van der Waals surface area contributed by atoms with Crippen molar-refractivity contribution in [1.82, 2.24) is 14.9 Å². The average Bonchev–Trinajstić information content (AvgIpc) is 3.33. The van der Waals surface area contributed by atoms with Crippen LogP contribution in [0.5, 0.6) is 0 Å². The summed E-state index contributed by atoms with van der Waals surface area (Å²) >= 11 is 0. The van der Waals surface area contributed by atoms with Gasteiger partial charge in [0.2, 0.25) is 11.6 Å². The van der Waals surface area contributed by atoms with E-state index >= 15 is 0 Å². The summed E-state index contributed by atoms with van der Waals surface area (Å²) in [6.45, 7) is 6.02. The first kappa shape index (κ1) is 24.6. The SMILES string of the molecule is CC(C)(C)OC(=O)N1CC2CC(Nc3ncnc(Nc4ccc(S(C)(=O)=O)cc4)c3[N+](=O)[O-])C1C2. The van der Waals surface area contributed by atoms with Crippen LogP contribution in [-0.4, -0.2) is 64.8 Å². The van der Waals surface area contributed by atoms with Gasteiger partial charge in [-0.15, -0.1) is 0 Å². The van der Waals surface area contributed by atoms with Gasteiger partial charge in [-0.2, -0.15) is 0 Å². The number of hydrogen-bond donors (Lipinski definition) is 2. The number of aromatic nitrogens is 2. The number of carbonyl (C=O) groups excluding carboxylic acids is 1. The van der Waals surface area contributed by atoms with E-state index in [4.69, 9.17) is 4.74 Å². The molecule has 1 aromatic carbocycles. The summed E-state index contributed by atoms with van der Waals surface area (Å²) in [5.74, 6) is 0.283. The lowest BCUT2D eigenvalue weighted by Crippen LogP contribution is -2.49. The third-order valence-corrected chi connectivity index (χ3v) is 7.11. The number of amides is 1. The molecular weight excluding hydrogens is 476 g/mol. The highest BCUT2D eigenvalue weighted by Gasteiger charge is 2.48. The van der Waals surface area contributed by atoms with Gasteiger partial charge in [-0.1, -0.05) is 0 Å². The highest BCUT2D eigenvalue weighted by molar-refractivity contribution is 7.90. The molecule has 1 aromatic heterocycles. The highest BCUT2D eigenvalue weighted by atomic mass is 32.2. The molecule has 1 saturated heterocycles. The molecule has 188 valence electrons. The topological polar surface area (TPSA) is 157 Å². The van der Waals surface area contributed by atoms with E-state index in [0.717, 1.165) is 19.1 Å². The first-order chi connectivity index (χ1) is 16.3. The number of rotatable bonds is 6. The standard InChI is InChI=1S/C22H28N6O6S/c1-22(2,3)34-21(29)27-11-13-9-16(17(27)10-13)26-20-18(28(30)31)19(23-12-24-20)25-14-5-7-15(8-6-14)35(4,32)33/h5-8,12-13,16-17H,9-11H2,1-4H3,(H2,23,24,25,26). The van der Waals surface area contributed by atoms with E-state index in [9.17, 15) is 23.3 Å². The Kier molecular flexibility index (Phi) is 6.30. The molecule has 3 atom stereocenters. The molecule has 35 heavy (non-hydrogen) atoms. The van der Waals surface area contributed by atoms with Gasteiger partial charge in [0.25, 0.3) is 0 Å². The number of likely N-dealkylation sites (tertiary alicyclic amines) is 1. The molecular formula is C22H28N6O6S. The molecule has 2 N–H and O–H groups in total. The summed E-state index contributed by atoms with van der Waals surface area (Å²) in [5.41, 5.74) is -0.527. The molecule has 1 amide bonds. The van der Waals surface area contributed by atoms with Crippen LogP contribution in [0.4, 0.5) is 27.8 Å². The second kappa shape index (κ2) is 8.95. The van der Waals surface area contributed by atoms with Gasteiger partial charge in [0.15, 0.2) is 9.84 Å². The molecule has 3 unspecified atom stereocenters. The fraction of sp³-hybridized carbons (Fsp3) is 0.500. The van der Waals surface area contributed by atoms with Crippen LogP contribution in [0.25, 0.3) is 0 Å². The van der Waals surface area contributed by atoms with Gasteiger partial charge < -0.3 is 20.3 Å². The zero-order chi connectivity index (χ0) is 25.5. The molecule has 0 spiro atoms. The van der Waals surface area contributed by atoms with Crippen LogP contribution in [0.15, 0.2) is 35.5 Å². The van der Waals surface area contributed by atoms with Crippen LogP contribution in [0.3, 0.4) is 0 Å². The van der Waals surface area contributed by atoms with Crippen LogP contribution < -0.4 is 10.6 Å². The predicted molar refractivity (Wildman–Crippen MR) is 128 cm³/mol. The number of nitrogens with one attached hydrogen (secondary N) is 2. The Morgan fingerprint density at radius 2 is 1.83 bits per heavy atom. The Balaban J connectivity index is 1.55. The summed E-state index contributed by atoms with van der Waals surface area (Å²) in [6.07, 6.45) is 3.45. The van der Waals surface area contributed by atoms with Crippen molar-refractivity contribution in [2.75, 3.05) is 23.4 Å². The fourth-order valence-corrected chi connectivity index (χ4v) is 5.19. The molecule has 13 heteroatoms. The number of ether oxygens (including phenoxy) is 1. The smallest absolute Gasteiger partial charge is 0.410 e. The predicted octanol–water partition coefficient (Wildman–Crippen LogP) is 3.34. The second-order valence-electron chi connectivity index (χ2n) is 9.89. The van der Waals surface area contributed by atoms with Crippen LogP contribution in [0, 0.1) is 16.0 Å². The highest BCUT2D eigenvalue weighted by Crippen LogP contribution is 2.41. The summed E-state index contributed by atoms with van der Waals surface area (Å²) in [7, 11) is -3.37. The average molecular weight is 505 g/mol. The van der Waals surface area contributed by atoms with Crippen molar-refractivity contribution >= 4 is 38.9 Å². The third-order valence-electron chi connectivity index (χ3n) is 5.98. The Hall–Kier alpha value is -3.48. The Bertz CT molecular complexity index is 1240. The normalized spacial score (nSPS) is 21.6. The first-order valence-electron chi connectivity index (χ1n) is 11.1. The fourth-order valence-electron chi connectivity index (χ4n) is 4.56. The van der Waals surface area contributed by atoms with Crippen LogP contribution in [0.1, 0.15) is 33.6 Å². The number of anilines is 3. The van der Waals surface area contributed by atoms with Crippen molar-refractivity contribution in [2.24, 2.45) is 5.92 Å². The summed E-state index contributed by atoms with van der Waals surface area (Å²) < 4.78 is 28.9. The van der Waals surface area contributed by atoms with Gasteiger partial charge in [-0.3, -0.25) is 10.1 Å². The maximum atomic E-state index is 12.7. The van der Waals surface area contributed by atoms with E-state index in [-0.39, 0.29) is 40.2 Å². The number of hydrogen-bond acceptors (Lipinski definition) is 10. The summed E-state index contributed by atoms with van der Waals surface area (Å²) in [5, 5.41) is 18.0. The largest absolute Gasteiger partial charge is 0.444 e. The molecule has 2 heterocycles. The molecule has 2 bridgehead atoms. The Labute approximate surface area is 203 Å². The molecule has 1 saturated carbocycles. The minimum atomic E-state index is -3.37. The van der Waals surface area contributed by atoms with Crippen LogP contribution >= 0.6 is 0 Å². The van der Waals surface area contributed by atoms with E-state index in [2.05, 4.69) is 20.6 Å². The van der Waals surface area contributed by atoms with Crippen molar-refractivity contribution in [3.8, 4) is 0 Å². The second-order valence-corrected chi connectivity index (χ2v) is 11.9. The van der Waals surface area contributed by atoms with Gasteiger partial charge in [0.05, 0.1) is 15.9 Å². The number of nitrogens with zero attached hydrogens (tertiary/aromatic N) is 4. The number of benzene rings is 1. The maximum Gasteiger partial charge on any atom is 0.410 e. The minimum absolute atomic E-state index is 0.0354. The van der Waals surface area contributed by atoms with Crippen molar-refractivity contribution < 1.29 is 22.9 Å². The summed E-state index contributed by atoms with van der Waals surface area (Å²) in [6, 6.07) is 5.43. The molecule has 4 rings (SSSR count). The lowest BCUT2D eigenvalue weighted by atomic mass is 10.1. The van der Waals surface area contributed by atoms with Crippen molar-refractivity contribution in [2.45, 2.75) is 56.2 Å². The summed E-state index contributed by atoms with van der Waals surface area (Å²) in [4.78, 5) is 34.0. The van der Waals surface area contributed by atoms with Gasteiger partial charge in [-0.05, 0) is 63.8 Å². The number of piperidine rings is 1. The number of fused-ring (bicyclic) bond motifs is 2. The number of carbonyl (C=O) groups is 1. The number of sulfone groups is 1. The molecule has 2 aromatic rings. The van der Waals surface area contributed by atoms with Gasteiger partial charge in [-0.25, -0.2) is 23.2 Å². The van der Waals surface area contributed by atoms with Crippen molar-refractivity contribution in [3.05, 3.63) is 40.7 Å². The monoisotopic (exact) mass is 504 g/mol. The van der Waals surface area contributed by atoms with E-state index in [1.54, 1.807) is 4.90 Å². The van der Waals surface area contributed by atoms with Crippen LogP contribution in [-0.2, 0) is 14.6 Å². The molecule has 1 aliphatic carbocycles. The Morgan fingerprint density at radius 1 is 1.17 bits per heavy atom. The van der Waals surface area contributed by atoms with E-state index in [1.807, 2.05) is 20.8 Å². The number of nitro groups is 1. The Morgan fingerprint density at radius 3 is 2.40 bits per heavy atom. The van der Waals surface area contributed by atoms with E-state index < -0.39 is 26.5 Å². The van der Waals surface area contributed by atoms with Gasteiger partial charge in [0, 0.05) is 24.5 Å². The minimum Gasteiger partial charge on any atom is -0.444 e. The van der Waals surface area contributed by atoms with Crippen molar-refractivity contribution in [3.63, 3.8) is 0 Å².